The lowest BCUT2D eigenvalue weighted by Gasteiger charge is -2.27. The molecule has 14 heavy (non-hydrogen) atoms. The number of aliphatic carboxylic acids is 1. The van der Waals surface area contributed by atoms with E-state index in [1.807, 2.05) is 19.9 Å². The molecule has 3 heteroatoms. The number of nitrogens with zero attached hydrogens (tertiary/aromatic N) is 1. The lowest BCUT2D eigenvalue weighted by molar-refractivity contribution is -0.150. The van der Waals surface area contributed by atoms with Crippen molar-refractivity contribution in [2.24, 2.45) is 5.41 Å². The zero-order valence-electron chi connectivity index (χ0n) is 9.05. The van der Waals surface area contributed by atoms with Crippen LogP contribution in [-0.4, -0.2) is 11.1 Å². The van der Waals surface area contributed by atoms with E-state index in [2.05, 4.69) is 0 Å². The van der Waals surface area contributed by atoms with Crippen molar-refractivity contribution >= 4 is 5.97 Å². The summed E-state index contributed by atoms with van der Waals surface area (Å²) in [4.78, 5) is 11.2. The average Bonchev–Trinajstić information content (AvgIpc) is 2.14. The van der Waals surface area contributed by atoms with Gasteiger partial charge in [0.15, 0.2) is 0 Å². The second kappa shape index (κ2) is 6.42. The van der Waals surface area contributed by atoms with E-state index in [4.69, 9.17) is 5.26 Å². The predicted octanol–water partition coefficient (Wildman–Crippen LogP) is 2.96. The number of hydrogen-bond donors (Lipinski definition) is 1. The Morgan fingerprint density at radius 1 is 1.29 bits per heavy atom. The third-order valence-electron chi connectivity index (χ3n) is 2.63. The van der Waals surface area contributed by atoms with Crippen LogP contribution in [0.5, 0.6) is 0 Å². The van der Waals surface area contributed by atoms with Crippen LogP contribution in [0.15, 0.2) is 0 Å². The summed E-state index contributed by atoms with van der Waals surface area (Å²) in [5.74, 6) is -0.739. The monoisotopic (exact) mass is 197 g/mol. The Hall–Kier alpha value is -1.04. The Morgan fingerprint density at radius 2 is 1.79 bits per heavy atom. The van der Waals surface area contributed by atoms with E-state index >= 15 is 0 Å². The normalized spacial score (nSPS) is 10.9. The Bertz CT molecular complexity index is 212. The van der Waals surface area contributed by atoms with E-state index < -0.39 is 11.4 Å². The first-order chi connectivity index (χ1) is 6.63. The first-order valence-corrected chi connectivity index (χ1v) is 5.23. The molecule has 0 atom stereocenters. The molecule has 0 aliphatic carbocycles. The summed E-state index contributed by atoms with van der Waals surface area (Å²) < 4.78 is 0. The van der Waals surface area contributed by atoms with Crippen LogP contribution >= 0.6 is 0 Å². The van der Waals surface area contributed by atoms with Crippen molar-refractivity contribution in [3.63, 3.8) is 0 Å². The fourth-order valence-electron chi connectivity index (χ4n) is 1.95. The Kier molecular flexibility index (Phi) is 5.94. The molecule has 0 fully saturated rings. The summed E-state index contributed by atoms with van der Waals surface area (Å²) in [5.41, 5.74) is -0.654. The largest absolute Gasteiger partial charge is 0.481 e. The molecule has 0 radical (unpaired) electrons. The lowest BCUT2D eigenvalue weighted by Crippen LogP contribution is -2.30. The highest BCUT2D eigenvalue weighted by atomic mass is 16.4. The van der Waals surface area contributed by atoms with E-state index in [-0.39, 0.29) is 0 Å². The Labute approximate surface area is 85.7 Å². The van der Waals surface area contributed by atoms with Crippen LogP contribution < -0.4 is 0 Å². The number of carbonyl (C=O) groups is 1. The molecule has 0 aromatic carbocycles. The van der Waals surface area contributed by atoms with Gasteiger partial charge in [-0.2, -0.15) is 5.26 Å². The van der Waals surface area contributed by atoms with Gasteiger partial charge in [0, 0.05) is 6.42 Å². The van der Waals surface area contributed by atoms with Crippen LogP contribution in [0, 0.1) is 16.7 Å². The van der Waals surface area contributed by atoms with Crippen molar-refractivity contribution in [1.82, 2.24) is 0 Å². The van der Waals surface area contributed by atoms with Gasteiger partial charge >= 0.3 is 5.97 Å². The molecule has 0 rings (SSSR count). The van der Waals surface area contributed by atoms with Gasteiger partial charge in [-0.1, -0.05) is 26.7 Å². The molecule has 0 aliphatic heterocycles. The molecule has 0 aliphatic rings. The van der Waals surface area contributed by atoms with Crippen molar-refractivity contribution < 1.29 is 9.90 Å². The molecular weight excluding hydrogens is 178 g/mol. The maximum atomic E-state index is 11.2. The van der Waals surface area contributed by atoms with Crippen LogP contribution in [-0.2, 0) is 4.79 Å². The van der Waals surface area contributed by atoms with Crippen LogP contribution in [0.1, 0.15) is 52.4 Å². The van der Waals surface area contributed by atoms with Crippen molar-refractivity contribution in [3.05, 3.63) is 0 Å². The maximum Gasteiger partial charge on any atom is 0.309 e. The van der Waals surface area contributed by atoms with Crippen LogP contribution in [0.3, 0.4) is 0 Å². The van der Waals surface area contributed by atoms with Crippen molar-refractivity contribution in [2.45, 2.75) is 52.4 Å². The molecule has 0 aromatic heterocycles. The summed E-state index contributed by atoms with van der Waals surface area (Å²) in [6, 6.07) is 2.03. The van der Waals surface area contributed by atoms with Gasteiger partial charge in [-0.25, -0.2) is 0 Å². The van der Waals surface area contributed by atoms with E-state index in [1.165, 1.54) is 0 Å². The molecule has 80 valence electrons. The highest BCUT2D eigenvalue weighted by molar-refractivity contribution is 5.74. The van der Waals surface area contributed by atoms with Gasteiger partial charge < -0.3 is 5.11 Å². The summed E-state index contributed by atoms with van der Waals surface area (Å²) in [6.45, 7) is 3.97. The number of hydrogen-bond acceptors (Lipinski definition) is 2. The van der Waals surface area contributed by atoms with Crippen LogP contribution in [0.2, 0.25) is 0 Å². The molecule has 0 unspecified atom stereocenters. The Morgan fingerprint density at radius 3 is 2.07 bits per heavy atom. The molecule has 0 heterocycles. The summed E-state index contributed by atoms with van der Waals surface area (Å²) in [5, 5.41) is 17.7. The standard InChI is InChI=1S/C11H19NO2/c1-3-6-11(7-4-2,10(13)14)8-5-9-12/h3-8H2,1-2H3,(H,13,14). The topological polar surface area (TPSA) is 61.1 Å². The van der Waals surface area contributed by atoms with Crippen molar-refractivity contribution in [1.29, 1.82) is 5.26 Å². The minimum Gasteiger partial charge on any atom is -0.481 e. The second-order valence-electron chi connectivity index (χ2n) is 3.74. The van der Waals surface area contributed by atoms with E-state index in [9.17, 15) is 9.90 Å². The Balaban J connectivity index is 4.57. The highest BCUT2D eigenvalue weighted by Gasteiger charge is 2.35. The molecule has 0 saturated heterocycles. The molecule has 1 N–H and O–H groups in total. The van der Waals surface area contributed by atoms with E-state index in [1.54, 1.807) is 0 Å². The first-order valence-electron chi connectivity index (χ1n) is 5.23. The van der Waals surface area contributed by atoms with Crippen LogP contribution in [0.25, 0.3) is 0 Å². The second-order valence-corrected chi connectivity index (χ2v) is 3.74. The molecule has 0 amide bonds. The molecule has 0 saturated carbocycles. The number of rotatable bonds is 7. The van der Waals surface area contributed by atoms with Gasteiger partial charge in [-0.15, -0.1) is 0 Å². The zero-order valence-corrected chi connectivity index (χ0v) is 9.05. The first kappa shape index (κ1) is 13.0. The molecule has 0 spiro atoms. The van der Waals surface area contributed by atoms with Crippen molar-refractivity contribution in [3.8, 4) is 6.07 Å². The van der Waals surface area contributed by atoms with E-state index in [0.29, 0.717) is 25.7 Å². The molecule has 0 aromatic rings. The zero-order chi connectivity index (χ0) is 11.0. The van der Waals surface area contributed by atoms with Gasteiger partial charge in [0.25, 0.3) is 0 Å². The lowest BCUT2D eigenvalue weighted by atomic mass is 9.76. The number of carboxylic acid groups (broad SMARTS) is 1. The average molecular weight is 197 g/mol. The fourth-order valence-corrected chi connectivity index (χ4v) is 1.95. The van der Waals surface area contributed by atoms with Gasteiger partial charge in [-0.3, -0.25) is 4.79 Å². The number of nitriles is 1. The van der Waals surface area contributed by atoms with E-state index in [0.717, 1.165) is 12.8 Å². The summed E-state index contributed by atoms with van der Waals surface area (Å²) in [6.07, 6.45) is 3.90. The quantitative estimate of drug-likeness (QED) is 0.682. The third kappa shape index (κ3) is 3.37. The molecular formula is C11H19NO2. The highest BCUT2D eigenvalue weighted by Crippen LogP contribution is 2.35. The minimum atomic E-state index is -0.739. The molecule has 3 nitrogen and oxygen atoms in total. The van der Waals surface area contributed by atoms with Crippen LogP contribution in [0.4, 0.5) is 0 Å². The molecule has 0 bridgehead atoms. The maximum absolute atomic E-state index is 11.2. The SMILES string of the molecule is CCCC(CCC)(CCC#N)C(=O)O. The van der Waals surface area contributed by atoms with Gasteiger partial charge in [-0.05, 0) is 19.3 Å². The smallest absolute Gasteiger partial charge is 0.309 e. The van der Waals surface area contributed by atoms with Gasteiger partial charge in [0.2, 0.25) is 0 Å². The van der Waals surface area contributed by atoms with Gasteiger partial charge in [0.1, 0.15) is 0 Å². The summed E-state index contributed by atoms with van der Waals surface area (Å²) >= 11 is 0. The predicted molar refractivity (Wildman–Crippen MR) is 54.7 cm³/mol. The number of carboxylic acids is 1. The third-order valence-corrected chi connectivity index (χ3v) is 2.63. The summed E-state index contributed by atoms with van der Waals surface area (Å²) in [7, 11) is 0. The van der Waals surface area contributed by atoms with Crippen molar-refractivity contribution in [2.75, 3.05) is 0 Å². The fraction of sp³-hybridized carbons (Fsp3) is 0.818. The van der Waals surface area contributed by atoms with Gasteiger partial charge in [0.05, 0.1) is 11.5 Å². The minimum absolute atomic E-state index is 0.340.